The first kappa shape index (κ1) is 26.2. The molecule has 0 fully saturated rings. The summed E-state index contributed by atoms with van der Waals surface area (Å²) in [4.78, 5) is 6.51. The fraction of sp³-hybridized carbons (Fsp3) is 0.696. The largest absolute Gasteiger partial charge is 0.492 e. The molecule has 0 saturated carbocycles. The second-order valence-corrected chi connectivity index (χ2v) is 7.67. The van der Waals surface area contributed by atoms with Crippen molar-refractivity contribution in [3.8, 4) is 5.75 Å². The van der Waals surface area contributed by atoms with E-state index in [-0.39, 0.29) is 6.10 Å². The highest BCUT2D eigenvalue weighted by atomic mass is 16.5. The van der Waals surface area contributed by atoms with Gasteiger partial charge in [-0.25, -0.2) is 0 Å². The van der Waals surface area contributed by atoms with Crippen LogP contribution < -0.4 is 15.4 Å². The first-order chi connectivity index (χ1) is 14.5. The third kappa shape index (κ3) is 11.4. The van der Waals surface area contributed by atoms with Crippen LogP contribution in [-0.4, -0.2) is 77.6 Å². The third-order valence-corrected chi connectivity index (χ3v) is 4.85. The summed E-state index contributed by atoms with van der Waals surface area (Å²) in [6.45, 7) is 11.8. The van der Waals surface area contributed by atoms with Crippen molar-refractivity contribution in [1.29, 1.82) is 0 Å². The quantitative estimate of drug-likeness (QED) is 0.335. The Morgan fingerprint density at radius 2 is 1.93 bits per heavy atom. The van der Waals surface area contributed by atoms with Crippen LogP contribution in [0.15, 0.2) is 29.3 Å². The van der Waals surface area contributed by atoms with Gasteiger partial charge in [-0.1, -0.05) is 26.0 Å². The van der Waals surface area contributed by atoms with Gasteiger partial charge >= 0.3 is 0 Å². The molecule has 1 atom stereocenters. The lowest BCUT2D eigenvalue weighted by Crippen LogP contribution is -2.38. The predicted octanol–water partition coefficient (Wildman–Crippen LogP) is 2.76. The number of methoxy groups -OCH3 is 1. The molecule has 0 spiro atoms. The van der Waals surface area contributed by atoms with E-state index >= 15 is 0 Å². The van der Waals surface area contributed by atoms with Gasteiger partial charge in [-0.05, 0) is 44.0 Å². The van der Waals surface area contributed by atoms with Crippen LogP contribution in [0.5, 0.6) is 5.75 Å². The zero-order chi connectivity index (χ0) is 22.2. The summed E-state index contributed by atoms with van der Waals surface area (Å²) in [5.74, 6) is 2.18. The Labute approximate surface area is 183 Å². The minimum Gasteiger partial charge on any atom is -0.492 e. The monoisotopic (exact) mass is 422 g/mol. The van der Waals surface area contributed by atoms with Crippen LogP contribution in [0.1, 0.15) is 32.8 Å². The molecule has 0 bridgehead atoms. The zero-order valence-corrected chi connectivity index (χ0v) is 19.7. The maximum Gasteiger partial charge on any atom is 0.191 e. The number of nitrogens with one attached hydrogen (secondary N) is 2. The molecule has 0 aliphatic heterocycles. The standard InChI is InChI=1S/C23H42N4O3/c1-7-29-22(19(2)3)11-12-25-23(24-4)26-18-20-9-8-10-21(17-20)30-16-14-27(5)13-15-28-6/h8-10,17,19,22H,7,11-16,18H2,1-6H3,(H2,24,25,26). The van der Waals surface area contributed by atoms with Crippen molar-refractivity contribution in [2.24, 2.45) is 10.9 Å². The summed E-state index contributed by atoms with van der Waals surface area (Å²) >= 11 is 0. The van der Waals surface area contributed by atoms with Gasteiger partial charge in [0.1, 0.15) is 12.4 Å². The lowest BCUT2D eigenvalue weighted by Gasteiger charge is -2.21. The zero-order valence-electron chi connectivity index (χ0n) is 19.7. The van der Waals surface area contributed by atoms with Crippen LogP contribution in [0.25, 0.3) is 0 Å². The Morgan fingerprint density at radius 3 is 2.60 bits per heavy atom. The second kappa shape index (κ2) is 15.9. The normalized spacial score (nSPS) is 13.0. The van der Waals surface area contributed by atoms with Gasteiger partial charge in [-0.3, -0.25) is 4.99 Å². The van der Waals surface area contributed by atoms with Gasteiger partial charge in [0.25, 0.3) is 0 Å². The van der Waals surface area contributed by atoms with Crippen molar-refractivity contribution in [3.05, 3.63) is 29.8 Å². The third-order valence-electron chi connectivity index (χ3n) is 4.85. The molecule has 7 heteroatoms. The summed E-state index contributed by atoms with van der Waals surface area (Å²) in [5.41, 5.74) is 1.15. The van der Waals surface area contributed by atoms with E-state index in [0.717, 1.165) is 56.5 Å². The second-order valence-electron chi connectivity index (χ2n) is 7.67. The van der Waals surface area contributed by atoms with Crippen molar-refractivity contribution in [2.45, 2.75) is 39.8 Å². The number of likely N-dealkylation sites (N-methyl/N-ethyl adjacent to an activating group) is 1. The summed E-state index contributed by atoms with van der Waals surface area (Å²) in [5, 5.41) is 6.74. The van der Waals surface area contributed by atoms with Gasteiger partial charge in [-0.15, -0.1) is 0 Å². The number of guanidine groups is 1. The molecular weight excluding hydrogens is 380 g/mol. The number of aliphatic imine (C=N–C) groups is 1. The van der Waals surface area contributed by atoms with Crippen molar-refractivity contribution in [3.63, 3.8) is 0 Å². The van der Waals surface area contributed by atoms with Crippen LogP contribution in [0.4, 0.5) is 0 Å². The van der Waals surface area contributed by atoms with Gasteiger partial charge in [-0.2, -0.15) is 0 Å². The lowest BCUT2D eigenvalue weighted by molar-refractivity contribution is 0.0258. The molecule has 1 rings (SSSR count). The van der Waals surface area contributed by atoms with E-state index in [2.05, 4.69) is 53.6 Å². The van der Waals surface area contributed by atoms with E-state index in [4.69, 9.17) is 14.2 Å². The molecule has 30 heavy (non-hydrogen) atoms. The molecule has 0 saturated heterocycles. The van der Waals surface area contributed by atoms with Gasteiger partial charge < -0.3 is 29.7 Å². The van der Waals surface area contributed by atoms with E-state index < -0.39 is 0 Å². The van der Waals surface area contributed by atoms with Crippen LogP contribution in [0, 0.1) is 5.92 Å². The van der Waals surface area contributed by atoms with Crippen LogP contribution in [0.2, 0.25) is 0 Å². The van der Waals surface area contributed by atoms with Gasteiger partial charge in [0.15, 0.2) is 5.96 Å². The van der Waals surface area contributed by atoms with Gasteiger partial charge in [0.05, 0.1) is 12.7 Å². The van der Waals surface area contributed by atoms with Crippen LogP contribution in [-0.2, 0) is 16.0 Å². The molecule has 0 aliphatic carbocycles. The molecule has 1 aromatic carbocycles. The van der Waals surface area contributed by atoms with Crippen molar-refractivity contribution in [2.75, 3.05) is 60.7 Å². The Morgan fingerprint density at radius 1 is 1.17 bits per heavy atom. The average Bonchev–Trinajstić information content (AvgIpc) is 2.74. The highest BCUT2D eigenvalue weighted by Gasteiger charge is 2.13. The van der Waals surface area contributed by atoms with E-state index in [0.29, 0.717) is 19.1 Å². The summed E-state index contributed by atoms with van der Waals surface area (Å²) in [7, 11) is 5.58. The number of ether oxygens (including phenoxy) is 3. The topological polar surface area (TPSA) is 67.3 Å². The minimum atomic E-state index is 0.267. The molecule has 172 valence electrons. The molecule has 0 aromatic heterocycles. The summed E-state index contributed by atoms with van der Waals surface area (Å²) < 4.78 is 16.8. The summed E-state index contributed by atoms with van der Waals surface area (Å²) in [6, 6.07) is 8.17. The Bertz CT molecular complexity index is 596. The first-order valence-corrected chi connectivity index (χ1v) is 11.0. The smallest absolute Gasteiger partial charge is 0.191 e. The van der Waals surface area contributed by atoms with Gasteiger partial charge in [0.2, 0.25) is 0 Å². The van der Waals surface area contributed by atoms with Crippen LogP contribution in [0.3, 0.4) is 0 Å². The molecule has 0 heterocycles. The Balaban J connectivity index is 2.39. The maximum atomic E-state index is 5.90. The fourth-order valence-corrected chi connectivity index (χ4v) is 2.99. The van der Waals surface area contributed by atoms with Crippen molar-refractivity contribution < 1.29 is 14.2 Å². The van der Waals surface area contributed by atoms with E-state index in [1.807, 2.05) is 19.1 Å². The molecule has 0 radical (unpaired) electrons. The molecule has 1 aromatic rings. The SMILES string of the molecule is CCOC(CCNC(=NC)NCc1cccc(OCCN(C)CCOC)c1)C(C)C. The van der Waals surface area contributed by atoms with Crippen LogP contribution >= 0.6 is 0 Å². The van der Waals surface area contributed by atoms with E-state index in [9.17, 15) is 0 Å². The number of hydrogen-bond acceptors (Lipinski definition) is 5. The number of hydrogen-bond donors (Lipinski definition) is 2. The predicted molar refractivity (Wildman–Crippen MR) is 124 cm³/mol. The highest BCUT2D eigenvalue weighted by molar-refractivity contribution is 5.79. The van der Waals surface area contributed by atoms with Gasteiger partial charge in [0, 0.05) is 46.9 Å². The molecular formula is C23H42N4O3. The van der Waals surface area contributed by atoms with Crippen molar-refractivity contribution in [1.82, 2.24) is 15.5 Å². The van der Waals surface area contributed by atoms with E-state index in [1.54, 1.807) is 14.2 Å². The van der Waals surface area contributed by atoms with Crippen molar-refractivity contribution >= 4 is 5.96 Å². The molecule has 2 N–H and O–H groups in total. The molecule has 0 amide bonds. The molecule has 1 unspecified atom stereocenters. The average molecular weight is 423 g/mol. The number of rotatable bonds is 15. The molecule has 7 nitrogen and oxygen atoms in total. The first-order valence-electron chi connectivity index (χ1n) is 11.0. The fourth-order valence-electron chi connectivity index (χ4n) is 2.99. The number of benzene rings is 1. The summed E-state index contributed by atoms with van der Waals surface area (Å²) in [6.07, 6.45) is 1.22. The maximum absolute atomic E-state index is 5.90. The Kier molecular flexibility index (Phi) is 13.9. The highest BCUT2D eigenvalue weighted by Crippen LogP contribution is 2.13. The number of nitrogens with zero attached hydrogens (tertiary/aromatic N) is 2. The lowest BCUT2D eigenvalue weighted by atomic mass is 10.0. The minimum absolute atomic E-state index is 0.267. The molecule has 0 aliphatic rings. The van der Waals surface area contributed by atoms with E-state index in [1.165, 1.54) is 0 Å². The Hall–Kier alpha value is -1.83.